The lowest BCUT2D eigenvalue weighted by Gasteiger charge is -2.21. The van der Waals surface area contributed by atoms with Gasteiger partial charge in [-0.2, -0.15) is 0 Å². The monoisotopic (exact) mass is 286 g/mol. The Morgan fingerprint density at radius 1 is 1.56 bits per heavy atom. The van der Waals surface area contributed by atoms with Gasteiger partial charge in [0.15, 0.2) is 0 Å². The number of aromatic nitrogens is 1. The molecule has 1 atom stereocenters. The molecule has 1 heterocycles. The van der Waals surface area contributed by atoms with E-state index in [-0.39, 0.29) is 17.9 Å². The van der Waals surface area contributed by atoms with Gasteiger partial charge in [0.2, 0.25) is 0 Å². The number of nitrogens with one attached hydrogen (secondary N) is 1. The first-order valence-electron chi connectivity index (χ1n) is 5.00. The fraction of sp³-hybridized carbons (Fsp3) is 0.455. The van der Waals surface area contributed by atoms with Gasteiger partial charge in [-0.05, 0) is 27.9 Å². The Labute approximate surface area is 104 Å². The predicted molar refractivity (Wildman–Crippen MR) is 66.2 cm³/mol. The van der Waals surface area contributed by atoms with Crippen molar-refractivity contribution in [3.63, 3.8) is 0 Å². The van der Waals surface area contributed by atoms with Crippen molar-refractivity contribution in [3.8, 4) is 0 Å². The number of hydrogen-bond acceptors (Lipinski definition) is 4. The fourth-order valence-corrected chi connectivity index (χ4v) is 1.65. The quantitative estimate of drug-likeness (QED) is 0.864. The summed E-state index contributed by atoms with van der Waals surface area (Å²) < 4.78 is 5.58. The summed E-state index contributed by atoms with van der Waals surface area (Å²) in [4.78, 5) is 15.5. The van der Waals surface area contributed by atoms with Crippen LogP contribution < -0.4 is 5.32 Å². The molecule has 1 rings (SSSR count). The lowest BCUT2D eigenvalue weighted by Crippen LogP contribution is -2.35. The number of carbonyl (C=O) groups is 1. The van der Waals surface area contributed by atoms with Gasteiger partial charge in [-0.3, -0.25) is 4.98 Å². The highest BCUT2D eigenvalue weighted by Crippen LogP contribution is 2.22. The first-order valence-corrected chi connectivity index (χ1v) is 5.79. The van der Waals surface area contributed by atoms with E-state index in [1.54, 1.807) is 12.4 Å². The Kier molecular flexibility index (Phi) is 4.73. The number of rotatable bonds is 4. The Bertz CT molecular complexity index is 369. The maximum atomic E-state index is 11.6. The third-order valence-corrected chi connectivity index (χ3v) is 2.84. The first-order chi connectivity index (χ1) is 7.56. The van der Waals surface area contributed by atoms with Crippen molar-refractivity contribution < 1.29 is 9.53 Å². The number of anilines is 1. The number of ether oxygens (including phenoxy) is 1. The highest BCUT2D eigenvalue weighted by Gasteiger charge is 2.23. The summed E-state index contributed by atoms with van der Waals surface area (Å²) in [6.45, 7) is 3.92. The van der Waals surface area contributed by atoms with E-state index < -0.39 is 0 Å². The summed E-state index contributed by atoms with van der Waals surface area (Å²) in [6, 6.07) is 1.45. The molecule has 88 valence electrons. The van der Waals surface area contributed by atoms with Crippen LogP contribution in [0.2, 0.25) is 0 Å². The van der Waals surface area contributed by atoms with Crippen LogP contribution >= 0.6 is 15.9 Å². The second-order valence-corrected chi connectivity index (χ2v) is 4.60. The summed E-state index contributed by atoms with van der Waals surface area (Å²) in [5.41, 5.74) is 0.833. The van der Waals surface area contributed by atoms with E-state index in [2.05, 4.69) is 26.2 Å². The molecule has 1 aromatic heterocycles. The molecule has 0 spiro atoms. The molecule has 0 aromatic carbocycles. The molecular weight excluding hydrogens is 272 g/mol. The third-order valence-electron chi connectivity index (χ3n) is 2.21. The minimum atomic E-state index is -0.358. The molecule has 0 saturated carbocycles. The third kappa shape index (κ3) is 3.20. The van der Waals surface area contributed by atoms with Gasteiger partial charge >= 0.3 is 5.97 Å². The lowest BCUT2D eigenvalue weighted by atomic mass is 10.0. The zero-order chi connectivity index (χ0) is 12.1. The highest BCUT2D eigenvalue weighted by atomic mass is 79.9. The maximum Gasteiger partial charge on any atom is 0.328 e. The highest BCUT2D eigenvalue weighted by molar-refractivity contribution is 9.10. The van der Waals surface area contributed by atoms with Gasteiger partial charge in [-0.25, -0.2) is 4.79 Å². The number of nitrogens with zero attached hydrogens (tertiary/aromatic N) is 1. The minimum Gasteiger partial charge on any atom is -0.467 e. The van der Waals surface area contributed by atoms with E-state index in [1.807, 2.05) is 19.9 Å². The zero-order valence-electron chi connectivity index (χ0n) is 9.53. The van der Waals surface area contributed by atoms with Gasteiger partial charge in [-0.1, -0.05) is 13.8 Å². The number of halogens is 1. The van der Waals surface area contributed by atoms with E-state index in [4.69, 9.17) is 4.74 Å². The summed E-state index contributed by atoms with van der Waals surface area (Å²) in [7, 11) is 1.39. The van der Waals surface area contributed by atoms with E-state index in [0.717, 1.165) is 10.2 Å². The van der Waals surface area contributed by atoms with Crippen LogP contribution in [0.15, 0.2) is 22.9 Å². The summed E-state index contributed by atoms with van der Waals surface area (Å²) >= 11 is 3.37. The Morgan fingerprint density at radius 3 is 2.75 bits per heavy atom. The Balaban J connectivity index is 2.84. The molecule has 1 unspecified atom stereocenters. The van der Waals surface area contributed by atoms with Crippen LogP contribution in [0.25, 0.3) is 0 Å². The molecule has 0 amide bonds. The number of esters is 1. The van der Waals surface area contributed by atoms with E-state index in [0.29, 0.717) is 0 Å². The van der Waals surface area contributed by atoms with E-state index in [1.165, 1.54) is 7.11 Å². The van der Waals surface area contributed by atoms with E-state index >= 15 is 0 Å². The van der Waals surface area contributed by atoms with Crippen molar-refractivity contribution in [2.75, 3.05) is 12.4 Å². The summed E-state index contributed by atoms with van der Waals surface area (Å²) in [5.74, 6) is -0.119. The van der Waals surface area contributed by atoms with Gasteiger partial charge in [-0.15, -0.1) is 0 Å². The summed E-state index contributed by atoms with van der Waals surface area (Å²) in [5, 5.41) is 3.14. The molecule has 0 aliphatic rings. The van der Waals surface area contributed by atoms with Crippen molar-refractivity contribution in [1.29, 1.82) is 0 Å². The standard InChI is InChI=1S/C11H15BrN2O2/c1-7(2)10(11(15)16-3)14-9-4-5-13-6-8(9)12/h4-7,10H,1-3H3,(H,13,14). The molecule has 4 nitrogen and oxygen atoms in total. The molecular formula is C11H15BrN2O2. The Morgan fingerprint density at radius 2 is 2.25 bits per heavy atom. The minimum absolute atomic E-state index is 0.146. The molecule has 0 radical (unpaired) electrons. The molecule has 1 N–H and O–H groups in total. The topological polar surface area (TPSA) is 51.2 Å². The second-order valence-electron chi connectivity index (χ2n) is 3.74. The summed E-state index contributed by atoms with van der Waals surface area (Å²) in [6.07, 6.45) is 3.35. The zero-order valence-corrected chi connectivity index (χ0v) is 11.1. The molecule has 16 heavy (non-hydrogen) atoms. The van der Waals surface area contributed by atoms with Crippen molar-refractivity contribution in [2.24, 2.45) is 5.92 Å². The molecule has 1 aromatic rings. The average Bonchev–Trinajstić information content (AvgIpc) is 2.26. The van der Waals surface area contributed by atoms with Crippen molar-refractivity contribution in [1.82, 2.24) is 4.98 Å². The second kappa shape index (κ2) is 5.84. The van der Waals surface area contributed by atoms with Crippen LogP contribution in [0.5, 0.6) is 0 Å². The molecule has 0 saturated heterocycles. The smallest absolute Gasteiger partial charge is 0.328 e. The van der Waals surface area contributed by atoms with Crippen LogP contribution in [-0.2, 0) is 9.53 Å². The van der Waals surface area contributed by atoms with Gasteiger partial charge < -0.3 is 10.1 Å². The molecule has 0 aliphatic carbocycles. The maximum absolute atomic E-state index is 11.6. The van der Waals surface area contributed by atoms with E-state index in [9.17, 15) is 4.79 Å². The molecule has 0 fully saturated rings. The van der Waals surface area contributed by atoms with Gasteiger partial charge in [0.05, 0.1) is 17.3 Å². The van der Waals surface area contributed by atoms with Crippen molar-refractivity contribution in [2.45, 2.75) is 19.9 Å². The largest absolute Gasteiger partial charge is 0.467 e. The number of carbonyl (C=O) groups excluding carboxylic acids is 1. The fourth-order valence-electron chi connectivity index (χ4n) is 1.28. The van der Waals surface area contributed by atoms with Crippen LogP contribution in [0.4, 0.5) is 5.69 Å². The van der Waals surface area contributed by atoms with Crippen LogP contribution in [0, 0.1) is 5.92 Å². The first kappa shape index (κ1) is 13.0. The molecule has 5 heteroatoms. The van der Waals surface area contributed by atoms with Crippen LogP contribution in [-0.4, -0.2) is 24.1 Å². The number of pyridine rings is 1. The number of hydrogen-bond donors (Lipinski definition) is 1. The van der Waals surface area contributed by atoms with Crippen molar-refractivity contribution >= 4 is 27.6 Å². The lowest BCUT2D eigenvalue weighted by molar-refractivity contribution is -0.142. The predicted octanol–water partition coefficient (Wildman–Crippen LogP) is 2.45. The van der Waals surface area contributed by atoms with Gasteiger partial charge in [0.25, 0.3) is 0 Å². The number of methoxy groups -OCH3 is 1. The normalized spacial score (nSPS) is 12.3. The van der Waals surface area contributed by atoms with Crippen LogP contribution in [0.3, 0.4) is 0 Å². The molecule has 0 aliphatic heterocycles. The SMILES string of the molecule is COC(=O)C(Nc1ccncc1Br)C(C)C. The van der Waals surface area contributed by atoms with Gasteiger partial charge in [0.1, 0.15) is 6.04 Å². The average molecular weight is 287 g/mol. The van der Waals surface area contributed by atoms with Crippen LogP contribution in [0.1, 0.15) is 13.8 Å². The Hall–Kier alpha value is -1.10. The molecule has 0 bridgehead atoms. The van der Waals surface area contributed by atoms with Crippen molar-refractivity contribution in [3.05, 3.63) is 22.9 Å². The van der Waals surface area contributed by atoms with Gasteiger partial charge in [0, 0.05) is 12.4 Å².